The number of urea groups is 1. The molecule has 7 nitrogen and oxygen atoms in total. The van der Waals surface area contributed by atoms with Gasteiger partial charge < -0.3 is 15.2 Å². The van der Waals surface area contributed by atoms with Crippen molar-refractivity contribution in [2.24, 2.45) is 0 Å². The van der Waals surface area contributed by atoms with Gasteiger partial charge in [0, 0.05) is 34.9 Å². The maximum Gasteiger partial charge on any atom is 0.329 e. The number of aryl methyl sites for hydroxylation is 1. The van der Waals surface area contributed by atoms with Gasteiger partial charge in [-0.15, -0.1) is 6.58 Å². The Morgan fingerprint density at radius 2 is 1.97 bits per heavy atom. The second-order valence-electron chi connectivity index (χ2n) is 7.34. The topological polar surface area (TPSA) is 83.4 Å². The number of fused-ring (bicyclic) bond motifs is 1. The van der Waals surface area contributed by atoms with Crippen LogP contribution in [-0.2, 0) is 16.1 Å². The first-order valence-electron chi connectivity index (χ1n) is 9.86. The van der Waals surface area contributed by atoms with Crippen molar-refractivity contribution in [3.8, 4) is 0 Å². The van der Waals surface area contributed by atoms with Crippen LogP contribution in [0.3, 0.4) is 0 Å². The van der Waals surface area contributed by atoms with Gasteiger partial charge in [-0.25, -0.2) is 9.69 Å². The van der Waals surface area contributed by atoms with E-state index in [1.807, 2.05) is 60.2 Å². The number of rotatable bonds is 6. The molecule has 7 heteroatoms. The monoisotopic (exact) mass is 414 g/mol. The fourth-order valence-corrected chi connectivity index (χ4v) is 3.62. The van der Waals surface area contributed by atoms with Crippen molar-refractivity contribution in [3.63, 3.8) is 0 Å². The highest BCUT2D eigenvalue weighted by molar-refractivity contribution is 6.16. The minimum absolute atomic E-state index is 0.134. The molecular formula is C24H22N4O3. The highest BCUT2D eigenvalue weighted by Gasteiger charge is 2.35. The number of carbonyl (C=O) groups is 3. The Morgan fingerprint density at radius 1 is 1.16 bits per heavy atom. The van der Waals surface area contributed by atoms with Crippen molar-refractivity contribution in [3.05, 3.63) is 84.2 Å². The van der Waals surface area contributed by atoms with Crippen molar-refractivity contribution in [2.45, 2.75) is 13.5 Å². The van der Waals surface area contributed by atoms with E-state index in [2.05, 4.69) is 17.2 Å². The molecule has 4 amide bonds. The van der Waals surface area contributed by atoms with E-state index in [1.54, 1.807) is 18.2 Å². The third-order valence-electron chi connectivity index (χ3n) is 5.01. The van der Waals surface area contributed by atoms with Crippen molar-refractivity contribution >= 4 is 40.5 Å². The molecule has 3 aromatic rings. The molecule has 2 N–H and O–H groups in total. The zero-order valence-electron chi connectivity index (χ0n) is 17.1. The minimum atomic E-state index is -0.620. The van der Waals surface area contributed by atoms with Gasteiger partial charge >= 0.3 is 6.03 Å². The van der Waals surface area contributed by atoms with Crippen LogP contribution in [0.4, 0.5) is 10.5 Å². The van der Waals surface area contributed by atoms with Gasteiger partial charge in [0.25, 0.3) is 5.91 Å². The molecule has 2 aromatic carbocycles. The number of nitrogens with zero attached hydrogens (tertiary/aromatic N) is 2. The van der Waals surface area contributed by atoms with E-state index in [1.165, 1.54) is 0 Å². The van der Waals surface area contributed by atoms with Gasteiger partial charge in [0.1, 0.15) is 12.2 Å². The Balaban J connectivity index is 1.54. The van der Waals surface area contributed by atoms with E-state index in [0.29, 0.717) is 12.2 Å². The van der Waals surface area contributed by atoms with Crippen LogP contribution in [0.2, 0.25) is 0 Å². The van der Waals surface area contributed by atoms with E-state index in [-0.39, 0.29) is 12.2 Å². The lowest BCUT2D eigenvalue weighted by Crippen LogP contribution is -2.38. The first-order valence-corrected chi connectivity index (χ1v) is 9.86. The molecule has 1 fully saturated rings. The van der Waals surface area contributed by atoms with Gasteiger partial charge in [0.05, 0.1) is 0 Å². The quantitative estimate of drug-likeness (QED) is 0.367. The van der Waals surface area contributed by atoms with Gasteiger partial charge in [0.15, 0.2) is 0 Å². The van der Waals surface area contributed by atoms with Gasteiger partial charge in [-0.05, 0) is 36.8 Å². The Labute approximate surface area is 179 Å². The van der Waals surface area contributed by atoms with Crippen LogP contribution in [0.15, 0.2) is 73.1 Å². The fraction of sp³-hybridized carbons (Fsp3) is 0.125. The summed E-state index contributed by atoms with van der Waals surface area (Å²) in [6.07, 6.45) is 5.34. The van der Waals surface area contributed by atoms with Crippen LogP contribution in [0.5, 0.6) is 0 Å². The zero-order chi connectivity index (χ0) is 22.0. The average Bonchev–Trinajstić information content (AvgIpc) is 3.21. The molecule has 0 aliphatic carbocycles. The molecule has 0 spiro atoms. The summed E-state index contributed by atoms with van der Waals surface area (Å²) in [4.78, 5) is 38.4. The van der Waals surface area contributed by atoms with E-state index in [4.69, 9.17) is 0 Å². The normalized spacial score (nSPS) is 14.9. The van der Waals surface area contributed by atoms with Crippen molar-refractivity contribution in [1.29, 1.82) is 0 Å². The summed E-state index contributed by atoms with van der Waals surface area (Å²) < 4.78 is 2.02. The molecule has 1 aliphatic heterocycles. The van der Waals surface area contributed by atoms with E-state index >= 15 is 0 Å². The summed E-state index contributed by atoms with van der Waals surface area (Å²) in [6, 6.07) is 14.5. The summed E-state index contributed by atoms with van der Waals surface area (Å²) in [7, 11) is 0. The standard InChI is InChI=1S/C24H22N4O3/c1-3-11-27-14-17(19-9-4-5-10-21(19)27)13-20-23(30)28(24(31)26-20)15-22(29)25-18-8-6-7-16(2)12-18/h3-10,12-14H,1,11,15H2,2H3,(H,25,29)(H,26,31)/b20-13+. The zero-order valence-corrected chi connectivity index (χ0v) is 17.1. The van der Waals surface area contributed by atoms with E-state index in [9.17, 15) is 14.4 Å². The molecular weight excluding hydrogens is 392 g/mol. The number of allylic oxidation sites excluding steroid dienone is 1. The number of hydrogen-bond acceptors (Lipinski definition) is 3. The molecule has 1 saturated heterocycles. The second-order valence-corrected chi connectivity index (χ2v) is 7.34. The fourth-order valence-electron chi connectivity index (χ4n) is 3.62. The van der Waals surface area contributed by atoms with Crippen LogP contribution < -0.4 is 10.6 Å². The predicted octanol–water partition coefficient (Wildman–Crippen LogP) is 3.67. The number of benzene rings is 2. The van der Waals surface area contributed by atoms with Gasteiger partial charge in [-0.2, -0.15) is 0 Å². The number of aromatic nitrogens is 1. The number of hydrogen-bond donors (Lipinski definition) is 2. The molecule has 0 atom stereocenters. The molecule has 4 rings (SSSR count). The molecule has 0 radical (unpaired) electrons. The number of para-hydroxylation sites is 1. The Kier molecular flexibility index (Phi) is 5.41. The molecule has 31 heavy (non-hydrogen) atoms. The van der Waals surface area contributed by atoms with Crippen molar-refractivity contribution < 1.29 is 14.4 Å². The number of carbonyl (C=O) groups excluding carboxylic acids is 3. The Morgan fingerprint density at radius 3 is 2.74 bits per heavy atom. The molecule has 0 bridgehead atoms. The number of nitrogens with one attached hydrogen (secondary N) is 2. The van der Waals surface area contributed by atoms with Crippen LogP contribution in [0.1, 0.15) is 11.1 Å². The lowest BCUT2D eigenvalue weighted by Gasteiger charge is -2.12. The highest BCUT2D eigenvalue weighted by atomic mass is 16.2. The van der Waals surface area contributed by atoms with Crippen LogP contribution in [-0.4, -0.2) is 33.9 Å². The number of anilines is 1. The Bertz CT molecular complexity index is 1240. The van der Waals surface area contributed by atoms with Crippen molar-refractivity contribution in [1.82, 2.24) is 14.8 Å². The van der Waals surface area contributed by atoms with Gasteiger partial charge in [0.2, 0.25) is 5.91 Å². The Hall–Kier alpha value is -4.13. The molecule has 1 aliphatic rings. The summed E-state index contributed by atoms with van der Waals surface area (Å²) in [5.41, 5.74) is 3.54. The number of amides is 4. The minimum Gasteiger partial charge on any atom is -0.343 e. The van der Waals surface area contributed by atoms with Crippen LogP contribution >= 0.6 is 0 Å². The van der Waals surface area contributed by atoms with E-state index < -0.39 is 17.8 Å². The first kappa shape index (κ1) is 20.2. The molecule has 156 valence electrons. The average molecular weight is 414 g/mol. The maximum atomic E-state index is 12.8. The number of imide groups is 1. The largest absolute Gasteiger partial charge is 0.343 e. The summed E-state index contributed by atoms with van der Waals surface area (Å²) in [5.74, 6) is -0.983. The van der Waals surface area contributed by atoms with E-state index in [0.717, 1.165) is 26.9 Å². The first-order chi connectivity index (χ1) is 15.0. The summed E-state index contributed by atoms with van der Waals surface area (Å²) in [5, 5.41) is 6.24. The summed E-state index contributed by atoms with van der Waals surface area (Å²) >= 11 is 0. The third kappa shape index (κ3) is 4.11. The maximum absolute atomic E-state index is 12.8. The lowest BCUT2D eigenvalue weighted by atomic mass is 10.1. The predicted molar refractivity (Wildman–Crippen MR) is 120 cm³/mol. The van der Waals surface area contributed by atoms with Gasteiger partial charge in [-0.1, -0.05) is 36.4 Å². The van der Waals surface area contributed by atoms with Crippen LogP contribution in [0, 0.1) is 6.92 Å². The molecule has 2 heterocycles. The van der Waals surface area contributed by atoms with Gasteiger partial charge in [-0.3, -0.25) is 9.59 Å². The SMILES string of the molecule is C=CCn1cc(/C=C2/NC(=O)N(CC(=O)Nc3cccc(C)c3)C2=O)c2ccccc21. The smallest absolute Gasteiger partial charge is 0.329 e. The summed E-state index contributed by atoms with van der Waals surface area (Å²) in [6.45, 7) is 5.94. The third-order valence-corrected chi connectivity index (χ3v) is 5.01. The second kappa shape index (κ2) is 8.31. The highest BCUT2D eigenvalue weighted by Crippen LogP contribution is 2.25. The van der Waals surface area contributed by atoms with Crippen LogP contribution in [0.25, 0.3) is 17.0 Å². The molecule has 1 aromatic heterocycles. The molecule has 0 saturated carbocycles. The lowest BCUT2D eigenvalue weighted by molar-refractivity contribution is -0.127. The molecule has 0 unspecified atom stereocenters. The van der Waals surface area contributed by atoms with Crippen molar-refractivity contribution in [2.75, 3.05) is 11.9 Å².